The van der Waals surface area contributed by atoms with Crippen LogP contribution in [0.1, 0.15) is 16.7 Å². The van der Waals surface area contributed by atoms with Gasteiger partial charge in [0.05, 0.1) is 4.87 Å². The van der Waals surface area contributed by atoms with Crippen LogP contribution >= 0.6 is 11.6 Å². The van der Waals surface area contributed by atoms with Gasteiger partial charge in [0, 0.05) is 6.42 Å². The third kappa shape index (κ3) is 1.22. The Bertz CT molecular complexity index is 490. The van der Waals surface area contributed by atoms with Crippen molar-refractivity contribution in [3.05, 3.63) is 71.3 Å². The van der Waals surface area contributed by atoms with Gasteiger partial charge in [0.25, 0.3) is 0 Å². The maximum atomic E-state index is 6.66. The fourth-order valence-corrected chi connectivity index (χ4v) is 2.73. The molecule has 0 heterocycles. The molecule has 1 atom stereocenters. The van der Waals surface area contributed by atoms with Gasteiger partial charge in [-0.3, -0.25) is 0 Å². The van der Waals surface area contributed by atoms with E-state index in [1.807, 2.05) is 18.2 Å². The quantitative estimate of drug-likeness (QED) is 0.635. The van der Waals surface area contributed by atoms with Gasteiger partial charge in [-0.15, -0.1) is 11.6 Å². The molecule has 0 fully saturated rings. The van der Waals surface area contributed by atoms with Crippen LogP contribution in [0.25, 0.3) is 0 Å². The number of benzene rings is 2. The molecule has 0 bridgehead atoms. The van der Waals surface area contributed by atoms with Crippen LogP contribution in [-0.4, -0.2) is 0 Å². The highest BCUT2D eigenvalue weighted by molar-refractivity contribution is 6.27. The molecule has 0 saturated carbocycles. The van der Waals surface area contributed by atoms with Crippen molar-refractivity contribution in [2.75, 3.05) is 0 Å². The molecule has 3 rings (SSSR count). The fourth-order valence-electron chi connectivity index (χ4n) is 2.27. The summed E-state index contributed by atoms with van der Waals surface area (Å²) in [6, 6.07) is 18.7. The predicted octanol–water partition coefficient (Wildman–Crippen LogP) is 3.73. The van der Waals surface area contributed by atoms with Gasteiger partial charge < -0.3 is 0 Å². The van der Waals surface area contributed by atoms with Gasteiger partial charge in [-0.2, -0.15) is 0 Å². The van der Waals surface area contributed by atoms with Crippen LogP contribution < -0.4 is 0 Å². The summed E-state index contributed by atoms with van der Waals surface area (Å²) in [7, 11) is 0. The van der Waals surface area contributed by atoms with E-state index in [0.717, 1.165) is 6.42 Å². The molecule has 0 radical (unpaired) electrons. The normalized spacial score (nSPS) is 23.0. The minimum absolute atomic E-state index is 0.280. The Morgan fingerprint density at radius 2 is 1.53 bits per heavy atom. The van der Waals surface area contributed by atoms with Gasteiger partial charge in [0.15, 0.2) is 0 Å². The maximum Gasteiger partial charge on any atom is 0.0987 e. The molecule has 0 aromatic heterocycles. The molecule has 1 heteroatoms. The third-order valence-corrected chi connectivity index (χ3v) is 3.67. The number of rotatable bonds is 1. The molecule has 15 heavy (non-hydrogen) atoms. The van der Waals surface area contributed by atoms with Crippen molar-refractivity contribution < 1.29 is 0 Å². The highest BCUT2D eigenvalue weighted by Crippen LogP contribution is 2.49. The molecule has 1 aliphatic carbocycles. The van der Waals surface area contributed by atoms with Gasteiger partial charge in [0.2, 0.25) is 0 Å². The first-order chi connectivity index (χ1) is 7.31. The predicted molar refractivity (Wildman–Crippen MR) is 63.2 cm³/mol. The van der Waals surface area contributed by atoms with Crippen molar-refractivity contribution >= 4 is 11.6 Å². The summed E-state index contributed by atoms with van der Waals surface area (Å²) in [4.78, 5) is -0.280. The Balaban J connectivity index is 2.10. The van der Waals surface area contributed by atoms with Gasteiger partial charge in [0.1, 0.15) is 0 Å². The maximum absolute atomic E-state index is 6.66. The highest BCUT2D eigenvalue weighted by Gasteiger charge is 2.41. The number of hydrogen-bond donors (Lipinski definition) is 0. The monoisotopic (exact) mass is 214 g/mol. The average molecular weight is 215 g/mol. The van der Waals surface area contributed by atoms with Crippen LogP contribution in [0.15, 0.2) is 54.6 Å². The Morgan fingerprint density at radius 1 is 0.867 bits per heavy atom. The second kappa shape index (κ2) is 3.11. The van der Waals surface area contributed by atoms with Crippen LogP contribution in [0.5, 0.6) is 0 Å². The van der Waals surface area contributed by atoms with Crippen molar-refractivity contribution in [3.63, 3.8) is 0 Å². The molecule has 0 aliphatic heterocycles. The lowest BCUT2D eigenvalue weighted by Gasteiger charge is -2.39. The Hall–Kier alpha value is -1.27. The smallest absolute Gasteiger partial charge is 0.0987 e. The van der Waals surface area contributed by atoms with Crippen LogP contribution in [-0.2, 0) is 11.3 Å². The van der Waals surface area contributed by atoms with Gasteiger partial charge >= 0.3 is 0 Å². The lowest BCUT2D eigenvalue weighted by molar-refractivity contribution is 0.631. The standard InChI is InChI=1S/C14H11Cl/c15-14(12-7-2-1-3-8-12)10-11-6-4-5-9-13(11)14/h1-9H,10H2. The zero-order chi connectivity index (χ0) is 10.3. The summed E-state index contributed by atoms with van der Waals surface area (Å²) >= 11 is 6.66. The third-order valence-electron chi connectivity index (χ3n) is 3.11. The zero-order valence-electron chi connectivity index (χ0n) is 8.28. The van der Waals surface area contributed by atoms with E-state index in [4.69, 9.17) is 11.6 Å². The number of halogens is 1. The van der Waals surface area contributed by atoms with E-state index in [-0.39, 0.29) is 4.87 Å². The summed E-state index contributed by atoms with van der Waals surface area (Å²) < 4.78 is 0. The molecule has 0 saturated heterocycles. The van der Waals surface area contributed by atoms with E-state index >= 15 is 0 Å². The number of fused-ring (bicyclic) bond motifs is 1. The molecular weight excluding hydrogens is 204 g/mol. The second-order valence-electron chi connectivity index (χ2n) is 4.00. The van der Waals surface area contributed by atoms with E-state index in [2.05, 4.69) is 36.4 Å². The molecule has 0 nitrogen and oxygen atoms in total. The molecule has 2 aromatic rings. The minimum atomic E-state index is -0.280. The lowest BCUT2D eigenvalue weighted by atomic mass is 9.73. The first kappa shape index (κ1) is 8.99. The molecule has 0 N–H and O–H groups in total. The fraction of sp³-hybridized carbons (Fsp3) is 0.143. The van der Waals surface area contributed by atoms with Gasteiger partial charge in [-0.05, 0) is 16.7 Å². The van der Waals surface area contributed by atoms with E-state index < -0.39 is 0 Å². The lowest BCUT2D eigenvalue weighted by Crippen LogP contribution is -2.34. The Labute approximate surface area is 94.5 Å². The highest BCUT2D eigenvalue weighted by atomic mass is 35.5. The summed E-state index contributed by atoms with van der Waals surface area (Å²) in [5.74, 6) is 0. The second-order valence-corrected chi connectivity index (χ2v) is 4.65. The Morgan fingerprint density at radius 3 is 2.27 bits per heavy atom. The summed E-state index contributed by atoms with van der Waals surface area (Å²) in [5.41, 5.74) is 3.83. The van der Waals surface area contributed by atoms with E-state index in [0.29, 0.717) is 0 Å². The molecule has 1 aliphatic rings. The largest absolute Gasteiger partial charge is 0.108 e. The molecule has 74 valence electrons. The van der Waals surface area contributed by atoms with Crippen LogP contribution in [0, 0.1) is 0 Å². The first-order valence-electron chi connectivity index (χ1n) is 5.13. The topological polar surface area (TPSA) is 0 Å². The minimum Gasteiger partial charge on any atom is -0.108 e. The summed E-state index contributed by atoms with van der Waals surface area (Å²) in [6.07, 6.45) is 0.939. The molecule has 0 amide bonds. The van der Waals surface area contributed by atoms with Crippen LogP contribution in [0.4, 0.5) is 0 Å². The molecular formula is C14H11Cl. The molecule has 1 unspecified atom stereocenters. The molecule has 2 aromatic carbocycles. The van der Waals surface area contributed by atoms with Gasteiger partial charge in [-0.1, -0.05) is 54.6 Å². The first-order valence-corrected chi connectivity index (χ1v) is 5.51. The summed E-state index contributed by atoms with van der Waals surface area (Å²) in [6.45, 7) is 0. The van der Waals surface area contributed by atoms with Crippen LogP contribution in [0.2, 0.25) is 0 Å². The SMILES string of the molecule is ClC1(c2ccccc2)Cc2ccccc21. The van der Waals surface area contributed by atoms with Crippen molar-refractivity contribution in [2.45, 2.75) is 11.3 Å². The average Bonchev–Trinajstić information content (AvgIpc) is 2.29. The van der Waals surface area contributed by atoms with Crippen LogP contribution in [0.3, 0.4) is 0 Å². The summed E-state index contributed by atoms with van der Waals surface area (Å²) in [5, 5.41) is 0. The van der Waals surface area contributed by atoms with E-state index in [1.54, 1.807) is 0 Å². The van der Waals surface area contributed by atoms with E-state index in [9.17, 15) is 0 Å². The zero-order valence-corrected chi connectivity index (χ0v) is 9.04. The Kier molecular flexibility index (Phi) is 1.86. The van der Waals surface area contributed by atoms with Crippen molar-refractivity contribution in [1.82, 2.24) is 0 Å². The number of hydrogen-bond acceptors (Lipinski definition) is 0. The van der Waals surface area contributed by atoms with Gasteiger partial charge in [-0.25, -0.2) is 0 Å². The van der Waals surface area contributed by atoms with Crippen molar-refractivity contribution in [3.8, 4) is 0 Å². The van der Waals surface area contributed by atoms with Crippen molar-refractivity contribution in [1.29, 1.82) is 0 Å². The number of alkyl halides is 1. The van der Waals surface area contributed by atoms with Crippen molar-refractivity contribution in [2.24, 2.45) is 0 Å². The molecule has 0 spiro atoms. The van der Waals surface area contributed by atoms with E-state index in [1.165, 1.54) is 16.7 Å².